The predicted molar refractivity (Wildman–Crippen MR) is 83.1 cm³/mol. The zero-order chi connectivity index (χ0) is 17.2. The molecule has 5 nitrogen and oxygen atoms in total. The maximum atomic E-state index is 12.6. The number of carbonyl (C=O) groups is 1. The van der Waals surface area contributed by atoms with E-state index in [-0.39, 0.29) is 17.1 Å². The van der Waals surface area contributed by atoms with Gasteiger partial charge in [0.2, 0.25) is 5.91 Å². The van der Waals surface area contributed by atoms with E-state index < -0.39 is 11.9 Å². The second-order valence-corrected chi connectivity index (χ2v) is 6.77. The summed E-state index contributed by atoms with van der Waals surface area (Å²) in [5.74, 6) is 0.278. The number of fused-ring (bicyclic) bond motifs is 3. The second-order valence-electron chi connectivity index (χ2n) is 5.90. The van der Waals surface area contributed by atoms with Gasteiger partial charge in [-0.3, -0.25) is 4.79 Å². The van der Waals surface area contributed by atoms with Crippen LogP contribution in [0.3, 0.4) is 0 Å². The fourth-order valence-electron chi connectivity index (χ4n) is 3.07. The molecule has 3 fully saturated rings. The summed E-state index contributed by atoms with van der Waals surface area (Å²) in [6.07, 6.45) is 0.0586. The third kappa shape index (κ3) is 4.27. The minimum Gasteiger partial charge on any atom is -0.348 e. The Morgan fingerprint density at radius 3 is 2.75 bits per heavy atom. The molecule has 1 aromatic rings. The molecule has 4 heterocycles. The van der Waals surface area contributed by atoms with Crippen molar-refractivity contribution < 1.29 is 18.0 Å². The van der Waals surface area contributed by atoms with Crippen molar-refractivity contribution in [3.63, 3.8) is 0 Å². The number of amides is 1. The van der Waals surface area contributed by atoms with Gasteiger partial charge in [0.15, 0.2) is 5.16 Å². The van der Waals surface area contributed by atoms with Gasteiger partial charge in [-0.2, -0.15) is 13.2 Å². The lowest BCUT2D eigenvalue weighted by Gasteiger charge is -2.44. The van der Waals surface area contributed by atoms with Crippen LogP contribution in [0.4, 0.5) is 13.2 Å². The average Bonchev–Trinajstić information content (AvgIpc) is 2.55. The molecule has 0 aliphatic carbocycles. The Kier molecular flexibility index (Phi) is 5.09. The summed E-state index contributed by atoms with van der Waals surface area (Å²) in [6, 6.07) is 0.966. The Labute approximate surface area is 141 Å². The molecule has 4 rings (SSSR count). The second kappa shape index (κ2) is 7.10. The lowest BCUT2D eigenvalue weighted by molar-refractivity contribution is -0.141. The first kappa shape index (κ1) is 17.2. The van der Waals surface area contributed by atoms with Crippen LogP contribution >= 0.6 is 11.8 Å². The molecule has 1 unspecified atom stereocenters. The smallest absolute Gasteiger partial charge is 0.348 e. The predicted octanol–water partition coefficient (Wildman–Crippen LogP) is 2.31. The van der Waals surface area contributed by atoms with E-state index in [0.29, 0.717) is 5.92 Å². The van der Waals surface area contributed by atoms with Crippen LogP contribution < -0.4 is 5.32 Å². The zero-order valence-electron chi connectivity index (χ0n) is 12.8. The van der Waals surface area contributed by atoms with E-state index in [1.54, 1.807) is 0 Å². The van der Waals surface area contributed by atoms with Crippen LogP contribution in [0.15, 0.2) is 28.9 Å². The van der Waals surface area contributed by atoms with Crippen molar-refractivity contribution in [3.05, 3.63) is 29.4 Å². The van der Waals surface area contributed by atoms with Crippen LogP contribution in [0.25, 0.3) is 0 Å². The van der Waals surface area contributed by atoms with Gasteiger partial charge in [-0.25, -0.2) is 9.97 Å². The molecule has 1 atom stereocenters. The summed E-state index contributed by atoms with van der Waals surface area (Å²) in [6.45, 7) is 3.05. The Hall–Kier alpha value is -1.61. The fourth-order valence-corrected chi connectivity index (χ4v) is 3.66. The van der Waals surface area contributed by atoms with Crippen molar-refractivity contribution in [1.82, 2.24) is 20.2 Å². The van der Waals surface area contributed by atoms with E-state index in [2.05, 4.69) is 20.2 Å². The molecule has 3 aliphatic heterocycles. The molecule has 130 valence electrons. The molecule has 0 radical (unpaired) electrons. The van der Waals surface area contributed by atoms with Crippen molar-refractivity contribution >= 4 is 17.7 Å². The number of nitrogens with one attached hydrogen (secondary N) is 1. The molecule has 1 aromatic heterocycles. The number of hydrogen-bond donors (Lipinski definition) is 1. The van der Waals surface area contributed by atoms with Gasteiger partial charge in [0.25, 0.3) is 0 Å². The van der Waals surface area contributed by atoms with Crippen LogP contribution in [0.1, 0.15) is 18.5 Å². The van der Waals surface area contributed by atoms with Gasteiger partial charge < -0.3 is 10.2 Å². The highest BCUT2D eigenvalue weighted by atomic mass is 32.2. The molecule has 0 spiro atoms. The maximum absolute atomic E-state index is 12.6. The lowest BCUT2D eigenvalue weighted by Crippen LogP contribution is -2.57. The van der Waals surface area contributed by atoms with E-state index in [4.69, 9.17) is 0 Å². The Balaban J connectivity index is 1.52. The van der Waals surface area contributed by atoms with Gasteiger partial charge in [0.05, 0.1) is 0 Å². The van der Waals surface area contributed by atoms with Gasteiger partial charge >= 0.3 is 6.18 Å². The average molecular weight is 358 g/mol. The number of alkyl halides is 3. The van der Waals surface area contributed by atoms with Crippen molar-refractivity contribution in [1.29, 1.82) is 0 Å². The number of halogens is 3. The standard InChI is InChI=1S/C15H17F3N4OS/c16-15(17,18)12-1-5-19-14(21-12)24-8-4-13(23)20-11-9-22-6-2-10(11)3-7-22/h1,4-5,8,10-11H,2-3,6-7,9H2,(H,20,23)/b8-4-. The first-order valence-electron chi connectivity index (χ1n) is 7.68. The van der Waals surface area contributed by atoms with Gasteiger partial charge in [-0.05, 0) is 43.3 Å². The summed E-state index contributed by atoms with van der Waals surface area (Å²) < 4.78 is 37.7. The number of nitrogens with zero attached hydrogens (tertiary/aromatic N) is 3. The largest absolute Gasteiger partial charge is 0.433 e. The molecule has 1 N–H and O–H groups in total. The topological polar surface area (TPSA) is 58.1 Å². The van der Waals surface area contributed by atoms with Crippen molar-refractivity contribution in [2.45, 2.75) is 30.2 Å². The first-order chi connectivity index (χ1) is 11.4. The molecular weight excluding hydrogens is 341 g/mol. The van der Waals surface area contributed by atoms with E-state index in [9.17, 15) is 18.0 Å². The molecule has 1 amide bonds. The maximum Gasteiger partial charge on any atom is 0.433 e. The van der Waals surface area contributed by atoms with Crippen molar-refractivity contribution in [3.8, 4) is 0 Å². The third-order valence-electron chi connectivity index (χ3n) is 4.30. The van der Waals surface area contributed by atoms with Crippen molar-refractivity contribution in [2.24, 2.45) is 5.92 Å². The number of aromatic nitrogens is 2. The number of thioether (sulfide) groups is 1. The van der Waals surface area contributed by atoms with E-state index in [1.807, 2.05) is 0 Å². The minimum atomic E-state index is -4.50. The summed E-state index contributed by atoms with van der Waals surface area (Å²) in [7, 11) is 0. The van der Waals surface area contributed by atoms with Crippen LogP contribution in [0, 0.1) is 5.92 Å². The van der Waals surface area contributed by atoms with Gasteiger partial charge in [-0.1, -0.05) is 11.8 Å². The number of rotatable bonds is 4. The SMILES string of the molecule is O=C(/C=C\Sc1nccc(C(F)(F)F)n1)NC1CN2CCC1CC2. The minimum absolute atomic E-state index is 0.0447. The van der Waals surface area contributed by atoms with Crippen LogP contribution in [0.5, 0.6) is 0 Å². The van der Waals surface area contributed by atoms with E-state index >= 15 is 0 Å². The summed E-state index contributed by atoms with van der Waals surface area (Å²) in [5.41, 5.74) is -0.995. The third-order valence-corrected chi connectivity index (χ3v) is 4.98. The van der Waals surface area contributed by atoms with Gasteiger partial charge in [-0.15, -0.1) is 0 Å². The Bertz CT molecular complexity index is 629. The normalized spacial score (nSPS) is 26.7. The first-order valence-corrected chi connectivity index (χ1v) is 8.56. The summed E-state index contributed by atoms with van der Waals surface area (Å²) in [4.78, 5) is 21.5. The highest BCUT2D eigenvalue weighted by molar-refractivity contribution is 8.02. The van der Waals surface area contributed by atoms with E-state index in [1.165, 1.54) is 11.5 Å². The summed E-state index contributed by atoms with van der Waals surface area (Å²) >= 11 is 0.882. The highest BCUT2D eigenvalue weighted by Gasteiger charge is 2.34. The quantitative estimate of drug-likeness (QED) is 0.509. The van der Waals surface area contributed by atoms with Gasteiger partial charge in [0, 0.05) is 24.9 Å². The number of carbonyl (C=O) groups excluding carboxylic acids is 1. The highest BCUT2D eigenvalue weighted by Crippen LogP contribution is 2.29. The van der Waals surface area contributed by atoms with E-state index in [0.717, 1.165) is 56.5 Å². The molecule has 0 saturated carbocycles. The molecule has 0 aromatic carbocycles. The Morgan fingerprint density at radius 1 is 1.38 bits per heavy atom. The number of piperidine rings is 3. The molecular formula is C15H17F3N4OS. The molecule has 9 heteroatoms. The Morgan fingerprint density at radius 2 is 2.12 bits per heavy atom. The molecule has 3 aliphatic rings. The van der Waals surface area contributed by atoms with Crippen LogP contribution in [-0.2, 0) is 11.0 Å². The van der Waals surface area contributed by atoms with Crippen molar-refractivity contribution in [2.75, 3.05) is 19.6 Å². The lowest BCUT2D eigenvalue weighted by atomic mass is 9.84. The number of hydrogen-bond acceptors (Lipinski definition) is 5. The molecule has 24 heavy (non-hydrogen) atoms. The summed E-state index contributed by atoms with van der Waals surface area (Å²) in [5, 5.41) is 4.33. The van der Waals surface area contributed by atoms with Gasteiger partial charge in [0.1, 0.15) is 5.69 Å². The molecule has 3 saturated heterocycles. The van der Waals surface area contributed by atoms with Crippen LogP contribution in [0.2, 0.25) is 0 Å². The monoisotopic (exact) mass is 358 g/mol. The zero-order valence-corrected chi connectivity index (χ0v) is 13.6. The molecule has 2 bridgehead atoms. The van der Waals surface area contributed by atoms with Crippen LogP contribution in [-0.4, -0.2) is 46.5 Å². The fraction of sp³-hybridized carbons (Fsp3) is 0.533.